The molecule has 8 aliphatic rings. The third-order valence-electron chi connectivity index (χ3n) is 16.6. The molecule has 8 heterocycles. The van der Waals surface area contributed by atoms with Gasteiger partial charge in [0.1, 0.15) is 195 Å². The third-order valence-corrected chi connectivity index (χ3v) is 16.6. The summed E-state index contributed by atoms with van der Waals surface area (Å²) in [5.74, 6) is 0. The molecule has 0 aliphatic carbocycles. The van der Waals surface area contributed by atoms with Crippen LogP contribution in [0.15, 0.2) is 0 Å². The summed E-state index contributed by atoms with van der Waals surface area (Å²) < 4.78 is 85.0. The Bertz CT molecular complexity index is 2130. The number of aliphatic hydroxyl groups excluding tert-OH is 26. The summed E-state index contributed by atoms with van der Waals surface area (Å²) in [6, 6.07) is 0. The highest BCUT2D eigenvalue weighted by Gasteiger charge is 2.59. The van der Waals surface area contributed by atoms with Gasteiger partial charge in [-0.15, -0.1) is 0 Å². The molecule has 0 radical (unpaired) electrons. The molecule has 41 heteroatoms. The maximum atomic E-state index is 11.9. The maximum Gasteiger partial charge on any atom is 0.187 e. The minimum absolute atomic E-state index is 0.914. The van der Waals surface area contributed by atoms with E-state index in [4.69, 9.17) is 71.1 Å². The number of aliphatic hydroxyl groups is 26. The molecule has 40 atom stereocenters. The van der Waals surface area contributed by atoms with Crippen molar-refractivity contribution in [3.05, 3.63) is 0 Å². The molecule has 8 aliphatic heterocycles. The Balaban J connectivity index is 1.04. The molecule has 8 saturated heterocycles. The van der Waals surface area contributed by atoms with E-state index >= 15 is 0 Å². The van der Waals surface area contributed by atoms with Crippen LogP contribution in [0.25, 0.3) is 0 Å². The highest BCUT2D eigenvalue weighted by Crippen LogP contribution is 2.38. The summed E-state index contributed by atoms with van der Waals surface area (Å²) in [5, 5.41) is 279. The zero-order valence-electron chi connectivity index (χ0n) is 46.5. The van der Waals surface area contributed by atoms with Crippen molar-refractivity contribution in [3.8, 4) is 0 Å². The van der Waals surface area contributed by atoms with Gasteiger partial charge in [0.15, 0.2) is 50.3 Å². The van der Waals surface area contributed by atoms with Crippen molar-refractivity contribution in [2.24, 2.45) is 0 Å². The van der Waals surface area contributed by atoms with E-state index in [0.29, 0.717) is 0 Å². The van der Waals surface area contributed by atoms with E-state index in [1.54, 1.807) is 0 Å². The van der Waals surface area contributed by atoms with Gasteiger partial charge in [0.05, 0.1) is 52.9 Å². The largest absolute Gasteiger partial charge is 0.394 e. The van der Waals surface area contributed by atoms with Gasteiger partial charge < -0.3 is 204 Å². The Labute approximate surface area is 501 Å². The molecular weight excluding hydrogens is 1230 g/mol. The van der Waals surface area contributed by atoms with Gasteiger partial charge in [0, 0.05) is 0 Å². The molecule has 1 unspecified atom stereocenters. The highest BCUT2D eigenvalue weighted by atomic mass is 16.8. The molecule has 0 spiro atoms. The second-order valence-corrected chi connectivity index (χ2v) is 22.5. The van der Waals surface area contributed by atoms with Crippen molar-refractivity contribution in [2.45, 2.75) is 246 Å². The zero-order chi connectivity index (χ0) is 65.4. The molecule has 89 heavy (non-hydrogen) atoms. The molecule has 520 valence electrons. The van der Waals surface area contributed by atoms with Crippen LogP contribution < -0.4 is 0 Å². The van der Waals surface area contributed by atoms with Crippen LogP contribution in [0, 0.1) is 0 Å². The molecule has 0 aromatic heterocycles. The highest BCUT2D eigenvalue weighted by molar-refractivity contribution is 5.01. The summed E-state index contributed by atoms with van der Waals surface area (Å²) in [5.41, 5.74) is 0. The van der Waals surface area contributed by atoms with E-state index in [1.165, 1.54) is 0 Å². The summed E-state index contributed by atoms with van der Waals surface area (Å²) in [7, 11) is 0. The predicted molar refractivity (Wildman–Crippen MR) is 264 cm³/mol. The second kappa shape index (κ2) is 31.5. The number of ether oxygens (including phenoxy) is 15. The van der Waals surface area contributed by atoms with E-state index in [1.807, 2.05) is 0 Å². The molecule has 0 bridgehead atoms. The quantitative estimate of drug-likeness (QED) is 0.0479. The number of hydrogen-bond donors (Lipinski definition) is 26. The predicted octanol–water partition coefficient (Wildman–Crippen LogP) is -18.5. The van der Waals surface area contributed by atoms with E-state index in [0.717, 1.165) is 0 Å². The van der Waals surface area contributed by atoms with Crippen LogP contribution in [0.1, 0.15) is 0 Å². The van der Waals surface area contributed by atoms with Crippen LogP contribution >= 0.6 is 0 Å². The molecule has 8 rings (SSSR count). The van der Waals surface area contributed by atoms with Crippen molar-refractivity contribution in [1.82, 2.24) is 0 Å². The van der Waals surface area contributed by atoms with Crippen molar-refractivity contribution in [3.63, 3.8) is 0 Å². The lowest BCUT2D eigenvalue weighted by molar-refractivity contribution is -0.404. The SMILES string of the molecule is OC[C@H]1O[C@H](OC[C@H]2O[C@H](OC[C@H]3OC(O)[C@@H](O)[C@@H](O[C@H]4O[C@H](CO)[C@@H](O)[C@H](O)[C@@H]4O[C@H]4O[C@H](CO)[C@@H](O)[C@H](O)[C@@H]4O[C@H]4O[C@H](CO)[C@@H](O)[C@H](O)[C@@H]4O)[C@@H]3O)[C@@H](O)[C@@H](O[C@H]3O[C@H](CO)[C@@H](O)[C@H](O)[C@@H]3O[C@H]3O[C@H](CO)[C@@H](O)[C@H](O)[C@@H]3O)[C@@H]2O)[C@@H](O)[C@@H](O)[C@@H]1O. The van der Waals surface area contributed by atoms with Gasteiger partial charge in [-0.1, -0.05) is 0 Å². The zero-order valence-corrected chi connectivity index (χ0v) is 46.5. The van der Waals surface area contributed by atoms with Crippen LogP contribution in [-0.2, 0) is 71.1 Å². The van der Waals surface area contributed by atoms with Gasteiger partial charge in [0.2, 0.25) is 0 Å². The topological polar surface area (TPSA) is 664 Å². The lowest BCUT2D eigenvalue weighted by Gasteiger charge is -2.49. The first kappa shape index (κ1) is 73.2. The molecular formula is C48H82O41. The standard InChI is InChI=1S/C48H82O41/c49-1-9-17(55)25(63)31(69)42(78-9)75-8-16-24(62)37(86-46-38(28(66)20(58)12(4-52)81-46)87-44-32(70)26(64)18(56)10(2-50)79-44)35(73)43(84-16)76-7-15-23(61)36(34(72)41(74)77-15)85-47-40(30(68)22(60)13(5-53)82-47)89-48-39(29(67)21(59)14(6-54)83-48)88-45-33(71)27(65)19(57)11(3-51)80-45/h9-74H,1-8H2/t9-,10-,11-,12-,13-,14-,15-,16-,17-,18-,19-,20-,21-,22-,23-,24-,25+,26+,27+,28+,29+,30+,31+,32+,33+,34+,35+,36+,37+,38+,39+,40+,41?,42+,43+,44-,45-,46-,47-,48-/m1/s1. The Morgan fingerprint density at radius 3 is 0.764 bits per heavy atom. The molecule has 0 saturated carbocycles. The van der Waals surface area contributed by atoms with Crippen LogP contribution in [0.2, 0.25) is 0 Å². The van der Waals surface area contributed by atoms with Crippen molar-refractivity contribution in [2.75, 3.05) is 52.9 Å². The molecule has 0 amide bonds. The van der Waals surface area contributed by atoms with Gasteiger partial charge in [-0.05, 0) is 0 Å². The van der Waals surface area contributed by atoms with E-state index < -0.39 is 299 Å². The van der Waals surface area contributed by atoms with Crippen molar-refractivity contribution in [1.29, 1.82) is 0 Å². The Hall–Kier alpha value is -1.64. The van der Waals surface area contributed by atoms with Crippen LogP contribution in [-0.4, -0.2) is 431 Å². The van der Waals surface area contributed by atoms with E-state index in [9.17, 15) is 133 Å². The van der Waals surface area contributed by atoms with E-state index in [-0.39, 0.29) is 0 Å². The van der Waals surface area contributed by atoms with Crippen LogP contribution in [0.3, 0.4) is 0 Å². The minimum atomic E-state index is -2.39. The third kappa shape index (κ3) is 15.3. The summed E-state index contributed by atoms with van der Waals surface area (Å²) in [6.45, 7) is -8.05. The van der Waals surface area contributed by atoms with Crippen molar-refractivity contribution < 1.29 is 204 Å². The molecule has 41 nitrogen and oxygen atoms in total. The number of hydrogen-bond acceptors (Lipinski definition) is 41. The van der Waals surface area contributed by atoms with Crippen molar-refractivity contribution >= 4 is 0 Å². The summed E-state index contributed by atoms with van der Waals surface area (Å²) in [6.07, 6.45) is -82.1. The lowest BCUT2D eigenvalue weighted by atomic mass is 9.95. The van der Waals surface area contributed by atoms with Gasteiger partial charge >= 0.3 is 0 Å². The fraction of sp³-hybridized carbons (Fsp3) is 1.00. The molecule has 0 aromatic rings. The fourth-order valence-corrected chi connectivity index (χ4v) is 11.2. The monoisotopic (exact) mass is 1310 g/mol. The molecule has 26 N–H and O–H groups in total. The number of rotatable bonds is 22. The first-order valence-electron chi connectivity index (χ1n) is 28.2. The first-order valence-corrected chi connectivity index (χ1v) is 28.2. The van der Waals surface area contributed by atoms with Crippen LogP contribution in [0.5, 0.6) is 0 Å². The molecule has 8 fully saturated rings. The molecule has 0 aromatic carbocycles. The maximum absolute atomic E-state index is 11.9. The summed E-state index contributed by atoms with van der Waals surface area (Å²) >= 11 is 0. The lowest BCUT2D eigenvalue weighted by Crippen LogP contribution is -2.68. The average molecular weight is 1320 g/mol. The summed E-state index contributed by atoms with van der Waals surface area (Å²) in [4.78, 5) is 0. The Morgan fingerprint density at radius 2 is 0.427 bits per heavy atom. The average Bonchev–Trinajstić information content (AvgIpc) is 1.12. The minimum Gasteiger partial charge on any atom is -0.394 e. The second-order valence-electron chi connectivity index (χ2n) is 22.5. The van der Waals surface area contributed by atoms with Crippen LogP contribution in [0.4, 0.5) is 0 Å². The Kier molecular flexibility index (Phi) is 25.9. The normalized spacial score (nSPS) is 53.6. The smallest absolute Gasteiger partial charge is 0.187 e. The first-order chi connectivity index (χ1) is 42.2. The van der Waals surface area contributed by atoms with Gasteiger partial charge in [-0.2, -0.15) is 0 Å². The van der Waals surface area contributed by atoms with Gasteiger partial charge in [0.25, 0.3) is 0 Å². The fourth-order valence-electron chi connectivity index (χ4n) is 11.2. The van der Waals surface area contributed by atoms with Gasteiger partial charge in [-0.3, -0.25) is 0 Å². The van der Waals surface area contributed by atoms with Gasteiger partial charge in [-0.25, -0.2) is 0 Å². The Morgan fingerprint density at radius 1 is 0.191 bits per heavy atom. The van der Waals surface area contributed by atoms with E-state index in [2.05, 4.69) is 0 Å².